The number of anilines is 1. The zero-order chi connectivity index (χ0) is 10.1. The lowest BCUT2D eigenvalue weighted by Crippen LogP contribution is -2.06. The van der Waals surface area contributed by atoms with Gasteiger partial charge in [0, 0.05) is 13.1 Å². The van der Waals surface area contributed by atoms with Crippen LogP contribution in [0.4, 0.5) is 5.82 Å². The third kappa shape index (κ3) is 1.46. The summed E-state index contributed by atoms with van der Waals surface area (Å²) in [6.45, 7) is 1.44. The van der Waals surface area contributed by atoms with Crippen molar-refractivity contribution < 1.29 is 4.79 Å². The summed E-state index contributed by atoms with van der Waals surface area (Å²) in [6.07, 6.45) is 1.81. The highest BCUT2D eigenvalue weighted by atomic mass is 32.1. The van der Waals surface area contributed by atoms with Crippen LogP contribution in [0.1, 0.15) is 6.92 Å². The van der Waals surface area contributed by atoms with E-state index in [1.807, 2.05) is 18.2 Å². The summed E-state index contributed by atoms with van der Waals surface area (Å²) >= 11 is 4.29. The molecule has 2 heterocycles. The predicted molar refractivity (Wildman–Crippen MR) is 56.7 cm³/mol. The number of carbonyl (C=O) groups is 1. The van der Waals surface area contributed by atoms with Crippen molar-refractivity contribution in [2.45, 2.75) is 11.8 Å². The standard InChI is InChI=1S/C9H9N3OS/c1-6(13)10-9-8(14)7-4-2-3-5-12(7)11-9/h2-5,14H,1H3,(H,10,11,13). The summed E-state index contributed by atoms with van der Waals surface area (Å²) < 4.78 is 1.67. The van der Waals surface area contributed by atoms with Crippen LogP contribution >= 0.6 is 12.6 Å². The number of amides is 1. The number of nitrogens with zero attached hydrogens (tertiary/aromatic N) is 2. The van der Waals surface area contributed by atoms with Crippen molar-refractivity contribution in [2.75, 3.05) is 5.32 Å². The minimum atomic E-state index is -0.149. The second-order valence-electron chi connectivity index (χ2n) is 2.91. The molecular formula is C9H9N3OS. The lowest BCUT2D eigenvalue weighted by atomic mass is 10.4. The molecule has 0 aliphatic heterocycles. The van der Waals surface area contributed by atoms with Crippen molar-refractivity contribution in [3.8, 4) is 0 Å². The van der Waals surface area contributed by atoms with Crippen molar-refractivity contribution in [3.63, 3.8) is 0 Å². The van der Waals surface area contributed by atoms with Crippen LogP contribution in [0.5, 0.6) is 0 Å². The zero-order valence-electron chi connectivity index (χ0n) is 7.56. The molecule has 0 saturated carbocycles. The van der Waals surface area contributed by atoms with Gasteiger partial charge < -0.3 is 5.32 Å². The van der Waals surface area contributed by atoms with Crippen LogP contribution in [0, 0.1) is 0 Å². The van der Waals surface area contributed by atoms with Crippen LogP contribution in [0.2, 0.25) is 0 Å². The molecule has 0 atom stereocenters. The number of nitrogens with one attached hydrogen (secondary N) is 1. The molecule has 2 aromatic rings. The molecule has 0 bridgehead atoms. The first kappa shape index (κ1) is 9.08. The van der Waals surface area contributed by atoms with E-state index in [1.165, 1.54) is 6.92 Å². The first-order chi connectivity index (χ1) is 6.68. The first-order valence-corrected chi connectivity index (χ1v) is 4.57. The Kier molecular flexibility index (Phi) is 2.17. The third-order valence-electron chi connectivity index (χ3n) is 1.81. The van der Waals surface area contributed by atoms with Gasteiger partial charge in [-0.15, -0.1) is 17.7 Å². The molecule has 0 radical (unpaired) electrons. The van der Waals surface area contributed by atoms with E-state index >= 15 is 0 Å². The maximum Gasteiger partial charge on any atom is 0.222 e. The van der Waals surface area contributed by atoms with E-state index in [1.54, 1.807) is 10.7 Å². The van der Waals surface area contributed by atoms with Gasteiger partial charge in [-0.05, 0) is 12.1 Å². The molecule has 5 heteroatoms. The van der Waals surface area contributed by atoms with Crippen molar-refractivity contribution in [1.29, 1.82) is 0 Å². The molecule has 2 rings (SSSR count). The molecule has 0 aromatic carbocycles. The van der Waals surface area contributed by atoms with Gasteiger partial charge in [-0.2, -0.15) is 0 Å². The van der Waals surface area contributed by atoms with E-state index in [4.69, 9.17) is 0 Å². The SMILES string of the molecule is CC(=O)Nc1nn2ccccc2c1S. The Hall–Kier alpha value is -1.49. The maximum atomic E-state index is 10.8. The molecule has 0 aliphatic rings. The Morgan fingerprint density at radius 1 is 1.57 bits per heavy atom. The average molecular weight is 207 g/mol. The number of hydrogen-bond donors (Lipinski definition) is 2. The Morgan fingerprint density at radius 3 is 3.00 bits per heavy atom. The Labute approximate surface area is 86.3 Å². The van der Waals surface area contributed by atoms with Crippen LogP contribution in [-0.4, -0.2) is 15.5 Å². The zero-order valence-corrected chi connectivity index (χ0v) is 8.45. The van der Waals surface area contributed by atoms with Gasteiger partial charge in [-0.1, -0.05) is 6.07 Å². The number of fused-ring (bicyclic) bond motifs is 1. The Morgan fingerprint density at radius 2 is 2.36 bits per heavy atom. The van der Waals surface area contributed by atoms with Gasteiger partial charge in [-0.3, -0.25) is 4.79 Å². The summed E-state index contributed by atoms with van der Waals surface area (Å²) in [5, 5.41) is 6.78. The van der Waals surface area contributed by atoms with Crippen LogP contribution in [0.15, 0.2) is 29.3 Å². The fourth-order valence-electron chi connectivity index (χ4n) is 1.24. The molecule has 72 valence electrons. The van der Waals surface area contributed by atoms with E-state index in [2.05, 4.69) is 23.0 Å². The normalized spacial score (nSPS) is 10.4. The average Bonchev–Trinajstić information content (AvgIpc) is 2.44. The van der Waals surface area contributed by atoms with Crippen LogP contribution in [0.3, 0.4) is 0 Å². The van der Waals surface area contributed by atoms with E-state index in [9.17, 15) is 4.79 Å². The molecule has 1 N–H and O–H groups in total. The predicted octanol–water partition coefficient (Wildman–Crippen LogP) is 1.58. The minimum absolute atomic E-state index is 0.149. The smallest absolute Gasteiger partial charge is 0.222 e. The van der Waals surface area contributed by atoms with Gasteiger partial charge in [0.2, 0.25) is 5.91 Å². The molecule has 14 heavy (non-hydrogen) atoms. The molecule has 0 saturated heterocycles. The van der Waals surface area contributed by atoms with E-state index in [0.29, 0.717) is 10.7 Å². The molecular weight excluding hydrogens is 198 g/mol. The summed E-state index contributed by atoms with van der Waals surface area (Å²) in [4.78, 5) is 11.5. The second kappa shape index (κ2) is 3.34. The monoisotopic (exact) mass is 207 g/mol. The topological polar surface area (TPSA) is 46.4 Å². The van der Waals surface area contributed by atoms with Crippen molar-refractivity contribution >= 4 is 29.9 Å². The third-order valence-corrected chi connectivity index (χ3v) is 2.25. The molecule has 1 amide bonds. The van der Waals surface area contributed by atoms with E-state index < -0.39 is 0 Å². The lowest BCUT2D eigenvalue weighted by molar-refractivity contribution is -0.114. The molecule has 2 aromatic heterocycles. The highest BCUT2D eigenvalue weighted by Crippen LogP contribution is 2.23. The van der Waals surface area contributed by atoms with Crippen LogP contribution in [-0.2, 0) is 4.79 Å². The fraction of sp³-hybridized carbons (Fsp3) is 0.111. The number of aromatic nitrogens is 2. The van der Waals surface area contributed by atoms with E-state index in [-0.39, 0.29) is 5.91 Å². The highest BCUT2D eigenvalue weighted by Gasteiger charge is 2.09. The first-order valence-electron chi connectivity index (χ1n) is 4.12. The number of carbonyl (C=O) groups excluding carboxylic acids is 1. The molecule has 0 aliphatic carbocycles. The van der Waals surface area contributed by atoms with Gasteiger partial charge in [0.15, 0.2) is 5.82 Å². The number of rotatable bonds is 1. The fourth-order valence-corrected chi connectivity index (χ4v) is 1.51. The molecule has 4 nitrogen and oxygen atoms in total. The highest BCUT2D eigenvalue weighted by molar-refractivity contribution is 7.80. The van der Waals surface area contributed by atoms with Gasteiger partial charge in [0.25, 0.3) is 0 Å². The minimum Gasteiger partial charge on any atom is -0.308 e. The number of thiol groups is 1. The van der Waals surface area contributed by atoms with Crippen molar-refractivity contribution in [3.05, 3.63) is 24.4 Å². The Balaban J connectivity index is 2.57. The van der Waals surface area contributed by atoms with Crippen LogP contribution < -0.4 is 5.32 Å². The van der Waals surface area contributed by atoms with Gasteiger partial charge in [0.05, 0.1) is 10.4 Å². The Bertz CT molecular complexity index is 492. The van der Waals surface area contributed by atoms with Gasteiger partial charge in [0.1, 0.15) is 0 Å². The summed E-state index contributed by atoms with van der Waals surface area (Å²) in [5.41, 5.74) is 0.875. The molecule has 0 unspecified atom stereocenters. The van der Waals surface area contributed by atoms with Gasteiger partial charge >= 0.3 is 0 Å². The number of hydrogen-bond acceptors (Lipinski definition) is 3. The van der Waals surface area contributed by atoms with Crippen molar-refractivity contribution in [2.24, 2.45) is 0 Å². The van der Waals surface area contributed by atoms with Crippen LogP contribution in [0.25, 0.3) is 5.52 Å². The maximum absolute atomic E-state index is 10.8. The number of pyridine rings is 1. The van der Waals surface area contributed by atoms with Gasteiger partial charge in [-0.25, -0.2) is 4.52 Å². The summed E-state index contributed by atoms with van der Waals surface area (Å²) in [5.74, 6) is 0.343. The van der Waals surface area contributed by atoms with Crippen molar-refractivity contribution in [1.82, 2.24) is 9.61 Å². The van der Waals surface area contributed by atoms with E-state index in [0.717, 1.165) is 5.52 Å². The largest absolute Gasteiger partial charge is 0.308 e. The lowest BCUT2D eigenvalue weighted by Gasteiger charge is -1.95. The summed E-state index contributed by atoms with van der Waals surface area (Å²) in [7, 11) is 0. The summed E-state index contributed by atoms with van der Waals surface area (Å²) in [6, 6.07) is 5.65. The quantitative estimate of drug-likeness (QED) is 0.697. The second-order valence-corrected chi connectivity index (χ2v) is 3.36. The molecule has 0 fully saturated rings. The molecule has 0 spiro atoms.